The lowest BCUT2D eigenvalue weighted by molar-refractivity contribution is -0.385. The number of aromatic nitrogens is 2. The smallest absolute Gasteiger partial charge is 0.311 e. The highest BCUT2D eigenvalue weighted by molar-refractivity contribution is 7.99. The van der Waals surface area contributed by atoms with Crippen LogP contribution in [0, 0.1) is 17.0 Å². The summed E-state index contributed by atoms with van der Waals surface area (Å²) in [5.41, 5.74) is 4.55. The molecule has 0 saturated heterocycles. The molecule has 9 heteroatoms. The highest BCUT2D eigenvalue weighted by atomic mass is 32.2. The number of nitrogens with zero attached hydrogens (tertiary/aromatic N) is 2. The van der Waals surface area contributed by atoms with E-state index in [1.165, 1.54) is 31.0 Å². The Morgan fingerprint density at radius 1 is 1.09 bits per heavy atom. The minimum Gasteiger partial charge on any atom is -0.490 e. The number of nitrogens with one attached hydrogen (secondary N) is 2. The standard InChI is InChI=1S/C25H22N4O4S/c1-16-13-20(29(31)32)21(33-2)14-19(16)26-22(30)15-34-25-27-23(17-9-5-3-6-10-17)24(28-25)18-11-7-4-8-12-18/h3-14H,15H2,1-2H3,(H,26,30)(H,27,28). The van der Waals surface area contributed by atoms with Crippen LogP contribution in [0.5, 0.6) is 5.75 Å². The summed E-state index contributed by atoms with van der Waals surface area (Å²) in [5, 5.41) is 14.6. The number of hydrogen-bond acceptors (Lipinski definition) is 6. The van der Waals surface area contributed by atoms with Gasteiger partial charge in [0, 0.05) is 28.9 Å². The maximum atomic E-state index is 12.6. The molecule has 4 rings (SSSR count). The molecule has 2 N–H and O–H groups in total. The third kappa shape index (κ3) is 5.10. The van der Waals surface area contributed by atoms with E-state index >= 15 is 0 Å². The van der Waals surface area contributed by atoms with Crippen LogP contribution in [0.25, 0.3) is 22.5 Å². The normalized spacial score (nSPS) is 10.6. The van der Waals surface area contributed by atoms with Gasteiger partial charge in [0.2, 0.25) is 5.91 Å². The number of amides is 1. The second-order valence-corrected chi connectivity index (χ2v) is 8.39. The summed E-state index contributed by atoms with van der Waals surface area (Å²) in [6.07, 6.45) is 0. The topological polar surface area (TPSA) is 110 Å². The van der Waals surface area contributed by atoms with Crippen molar-refractivity contribution in [2.24, 2.45) is 0 Å². The summed E-state index contributed by atoms with van der Waals surface area (Å²) in [5.74, 6) is -0.0677. The molecule has 8 nitrogen and oxygen atoms in total. The van der Waals surface area contributed by atoms with Crippen LogP contribution in [0.2, 0.25) is 0 Å². The van der Waals surface area contributed by atoms with E-state index in [0.717, 1.165) is 22.5 Å². The zero-order valence-electron chi connectivity index (χ0n) is 18.6. The zero-order valence-corrected chi connectivity index (χ0v) is 19.4. The van der Waals surface area contributed by atoms with Crippen LogP contribution in [0.1, 0.15) is 5.56 Å². The number of aryl methyl sites for hydroxylation is 1. The molecule has 1 heterocycles. The molecule has 0 aliphatic rings. The monoisotopic (exact) mass is 474 g/mol. The number of hydrogen-bond donors (Lipinski definition) is 2. The first-order valence-corrected chi connectivity index (χ1v) is 11.4. The van der Waals surface area contributed by atoms with Gasteiger partial charge in [-0.15, -0.1) is 0 Å². The number of carbonyl (C=O) groups is 1. The van der Waals surface area contributed by atoms with Crippen LogP contribution in [0.15, 0.2) is 78.0 Å². The SMILES string of the molecule is COc1cc(NC(=O)CSc2nc(-c3ccccc3)c(-c3ccccc3)[nH]2)c(C)cc1[N+](=O)[O-]. The Balaban J connectivity index is 1.52. The van der Waals surface area contributed by atoms with Crippen LogP contribution in [0.4, 0.5) is 11.4 Å². The molecule has 0 aliphatic carbocycles. The number of nitro benzene ring substituents is 1. The Morgan fingerprint density at radius 2 is 1.74 bits per heavy atom. The summed E-state index contributed by atoms with van der Waals surface area (Å²) < 4.78 is 5.10. The predicted octanol–water partition coefficient (Wildman–Crippen LogP) is 5.70. The van der Waals surface area contributed by atoms with Crippen molar-refractivity contribution >= 4 is 29.0 Å². The highest BCUT2D eigenvalue weighted by Crippen LogP contribution is 2.34. The molecular formula is C25H22N4O4S. The molecule has 0 bridgehead atoms. The maximum absolute atomic E-state index is 12.6. The second-order valence-electron chi connectivity index (χ2n) is 7.43. The second kappa shape index (κ2) is 10.2. The van der Waals surface area contributed by atoms with Crippen molar-refractivity contribution in [3.05, 3.63) is 88.5 Å². The lowest BCUT2D eigenvalue weighted by Crippen LogP contribution is -2.15. The number of imidazole rings is 1. The molecule has 172 valence electrons. The van der Waals surface area contributed by atoms with E-state index < -0.39 is 4.92 Å². The molecular weight excluding hydrogens is 452 g/mol. The van der Waals surface area contributed by atoms with Crippen molar-refractivity contribution in [3.63, 3.8) is 0 Å². The number of rotatable bonds is 8. The van der Waals surface area contributed by atoms with Crippen LogP contribution in [-0.4, -0.2) is 33.7 Å². The maximum Gasteiger partial charge on any atom is 0.311 e. The lowest BCUT2D eigenvalue weighted by atomic mass is 10.1. The molecule has 0 spiro atoms. The van der Waals surface area contributed by atoms with Crippen LogP contribution >= 0.6 is 11.8 Å². The van der Waals surface area contributed by atoms with Gasteiger partial charge in [0.05, 0.1) is 29.2 Å². The summed E-state index contributed by atoms with van der Waals surface area (Å²) >= 11 is 1.28. The van der Waals surface area contributed by atoms with E-state index in [9.17, 15) is 14.9 Å². The van der Waals surface area contributed by atoms with Gasteiger partial charge >= 0.3 is 5.69 Å². The van der Waals surface area contributed by atoms with Gasteiger partial charge in [-0.25, -0.2) is 4.98 Å². The van der Waals surface area contributed by atoms with Crippen molar-refractivity contribution in [2.45, 2.75) is 12.1 Å². The van der Waals surface area contributed by atoms with Crippen LogP contribution < -0.4 is 10.1 Å². The van der Waals surface area contributed by atoms with E-state index in [0.29, 0.717) is 16.4 Å². The fourth-order valence-electron chi connectivity index (χ4n) is 3.47. The fraction of sp³-hybridized carbons (Fsp3) is 0.120. The Hall–Kier alpha value is -4.11. The number of ether oxygens (including phenoxy) is 1. The molecule has 0 saturated carbocycles. The summed E-state index contributed by atoms with van der Waals surface area (Å²) in [6.45, 7) is 1.69. The Morgan fingerprint density at radius 3 is 2.35 bits per heavy atom. The molecule has 0 radical (unpaired) electrons. The molecule has 1 amide bonds. The van der Waals surface area contributed by atoms with Crippen LogP contribution in [0.3, 0.4) is 0 Å². The third-order valence-electron chi connectivity index (χ3n) is 5.13. The molecule has 34 heavy (non-hydrogen) atoms. The highest BCUT2D eigenvalue weighted by Gasteiger charge is 2.19. The van der Waals surface area contributed by atoms with E-state index in [1.54, 1.807) is 6.92 Å². The van der Waals surface area contributed by atoms with Gasteiger partial charge in [-0.2, -0.15) is 0 Å². The first kappa shape index (κ1) is 23.1. The summed E-state index contributed by atoms with van der Waals surface area (Å²) in [7, 11) is 1.35. The largest absolute Gasteiger partial charge is 0.490 e. The average Bonchev–Trinajstić information content (AvgIpc) is 3.29. The van der Waals surface area contributed by atoms with Gasteiger partial charge < -0.3 is 15.0 Å². The fourth-order valence-corrected chi connectivity index (χ4v) is 4.14. The first-order chi connectivity index (χ1) is 16.5. The van der Waals surface area contributed by atoms with Gasteiger partial charge in [-0.3, -0.25) is 14.9 Å². The van der Waals surface area contributed by atoms with E-state index in [2.05, 4.69) is 10.3 Å². The molecule has 3 aromatic carbocycles. The van der Waals surface area contributed by atoms with E-state index in [-0.39, 0.29) is 23.1 Å². The van der Waals surface area contributed by atoms with Gasteiger partial charge in [0.15, 0.2) is 10.9 Å². The van der Waals surface area contributed by atoms with Gasteiger partial charge in [-0.1, -0.05) is 72.4 Å². The molecule has 0 fully saturated rings. The molecule has 0 aliphatic heterocycles. The van der Waals surface area contributed by atoms with Gasteiger partial charge in [0.1, 0.15) is 0 Å². The Labute approximate surface area is 200 Å². The van der Waals surface area contributed by atoms with Gasteiger partial charge in [-0.05, 0) is 12.5 Å². The number of thioether (sulfide) groups is 1. The molecule has 4 aromatic rings. The number of benzene rings is 3. The number of H-pyrrole nitrogens is 1. The summed E-state index contributed by atoms with van der Waals surface area (Å²) in [6, 6.07) is 22.6. The number of anilines is 1. The van der Waals surface area contributed by atoms with E-state index in [4.69, 9.17) is 9.72 Å². The van der Waals surface area contributed by atoms with Crippen molar-refractivity contribution in [2.75, 3.05) is 18.2 Å². The quantitative estimate of drug-likeness (QED) is 0.193. The molecule has 0 unspecified atom stereocenters. The molecule has 0 atom stereocenters. The number of nitro groups is 1. The van der Waals surface area contributed by atoms with Crippen molar-refractivity contribution < 1.29 is 14.5 Å². The Bertz CT molecular complexity index is 1270. The van der Waals surface area contributed by atoms with Crippen molar-refractivity contribution in [1.29, 1.82) is 0 Å². The number of aromatic amines is 1. The number of carbonyl (C=O) groups excluding carboxylic acids is 1. The minimum absolute atomic E-state index is 0.0876. The minimum atomic E-state index is -0.515. The predicted molar refractivity (Wildman–Crippen MR) is 133 cm³/mol. The molecule has 1 aromatic heterocycles. The zero-order chi connectivity index (χ0) is 24.1. The van der Waals surface area contributed by atoms with E-state index in [1.807, 2.05) is 60.7 Å². The van der Waals surface area contributed by atoms with Gasteiger partial charge in [0.25, 0.3) is 0 Å². The average molecular weight is 475 g/mol. The first-order valence-electron chi connectivity index (χ1n) is 10.4. The van der Waals surface area contributed by atoms with Crippen LogP contribution in [-0.2, 0) is 4.79 Å². The van der Waals surface area contributed by atoms with Crippen molar-refractivity contribution in [3.8, 4) is 28.3 Å². The number of methoxy groups -OCH3 is 1. The van der Waals surface area contributed by atoms with Crippen molar-refractivity contribution in [1.82, 2.24) is 9.97 Å². The summed E-state index contributed by atoms with van der Waals surface area (Å²) in [4.78, 5) is 31.4. The lowest BCUT2D eigenvalue weighted by Gasteiger charge is -2.10. The third-order valence-corrected chi connectivity index (χ3v) is 6.00. The Kier molecular flexibility index (Phi) is 6.93.